The number of likely N-dealkylation sites (N-methyl/N-ethyl adjacent to an activating group) is 1. The van der Waals surface area contributed by atoms with Crippen molar-refractivity contribution in [2.45, 2.75) is 59.5 Å². The summed E-state index contributed by atoms with van der Waals surface area (Å²) in [5.74, 6) is 0.764. The SMILES string of the molecule is CCC(CC)CN(CC)C(c1ccccc1C)C(C)N. The number of benzene rings is 1. The summed E-state index contributed by atoms with van der Waals surface area (Å²) >= 11 is 0. The molecular formula is C18H32N2. The molecule has 0 fully saturated rings. The Morgan fingerprint density at radius 3 is 2.15 bits per heavy atom. The fourth-order valence-electron chi connectivity index (χ4n) is 3.05. The second-order valence-electron chi connectivity index (χ2n) is 5.93. The molecule has 0 radical (unpaired) electrons. The maximum absolute atomic E-state index is 6.33. The average Bonchev–Trinajstić information content (AvgIpc) is 2.44. The molecule has 0 aliphatic rings. The van der Waals surface area contributed by atoms with E-state index in [4.69, 9.17) is 5.73 Å². The van der Waals surface area contributed by atoms with Crippen LogP contribution in [0.4, 0.5) is 0 Å². The van der Waals surface area contributed by atoms with Gasteiger partial charge < -0.3 is 5.73 Å². The molecule has 0 amide bonds. The summed E-state index contributed by atoms with van der Waals surface area (Å²) in [7, 11) is 0. The highest BCUT2D eigenvalue weighted by Crippen LogP contribution is 2.27. The highest BCUT2D eigenvalue weighted by Gasteiger charge is 2.25. The zero-order chi connectivity index (χ0) is 15.1. The molecule has 20 heavy (non-hydrogen) atoms. The van der Waals surface area contributed by atoms with Crippen molar-refractivity contribution >= 4 is 0 Å². The summed E-state index contributed by atoms with van der Waals surface area (Å²) in [5, 5.41) is 0. The minimum atomic E-state index is 0.144. The fourth-order valence-corrected chi connectivity index (χ4v) is 3.05. The van der Waals surface area contributed by atoms with Crippen LogP contribution >= 0.6 is 0 Å². The molecule has 0 aliphatic heterocycles. The van der Waals surface area contributed by atoms with Crippen LogP contribution in [-0.2, 0) is 0 Å². The number of nitrogens with two attached hydrogens (primary N) is 1. The fraction of sp³-hybridized carbons (Fsp3) is 0.667. The monoisotopic (exact) mass is 276 g/mol. The standard InChI is InChI=1S/C18H32N2/c1-6-16(7-2)13-20(8-3)18(15(5)19)17-12-10-9-11-14(17)4/h9-12,15-16,18H,6-8,13,19H2,1-5H3. The van der Waals surface area contributed by atoms with Crippen LogP contribution in [0.3, 0.4) is 0 Å². The topological polar surface area (TPSA) is 29.3 Å². The van der Waals surface area contributed by atoms with E-state index >= 15 is 0 Å². The van der Waals surface area contributed by atoms with Gasteiger partial charge in [0.2, 0.25) is 0 Å². The molecule has 0 bridgehead atoms. The molecule has 2 nitrogen and oxygen atoms in total. The first-order valence-electron chi connectivity index (χ1n) is 8.10. The summed E-state index contributed by atoms with van der Waals surface area (Å²) in [6.45, 7) is 13.3. The van der Waals surface area contributed by atoms with Crippen molar-refractivity contribution in [1.29, 1.82) is 0 Å². The lowest BCUT2D eigenvalue weighted by Crippen LogP contribution is -2.42. The Bertz CT molecular complexity index is 383. The molecule has 0 saturated carbocycles. The molecule has 2 atom stereocenters. The van der Waals surface area contributed by atoms with E-state index in [1.165, 1.54) is 24.0 Å². The smallest absolute Gasteiger partial charge is 0.0499 e. The third-order valence-electron chi connectivity index (χ3n) is 4.45. The van der Waals surface area contributed by atoms with E-state index in [1.54, 1.807) is 0 Å². The molecule has 2 heteroatoms. The maximum Gasteiger partial charge on any atom is 0.0499 e. The Morgan fingerprint density at radius 1 is 1.10 bits per heavy atom. The van der Waals surface area contributed by atoms with Gasteiger partial charge >= 0.3 is 0 Å². The molecule has 0 spiro atoms. The number of aryl methyl sites for hydroxylation is 1. The minimum Gasteiger partial charge on any atom is -0.326 e. The van der Waals surface area contributed by atoms with E-state index in [0.717, 1.165) is 19.0 Å². The Balaban J connectivity index is 3.02. The summed E-state index contributed by atoms with van der Waals surface area (Å²) in [6, 6.07) is 9.12. The molecule has 0 heterocycles. The van der Waals surface area contributed by atoms with E-state index < -0.39 is 0 Å². The van der Waals surface area contributed by atoms with E-state index in [1.807, 2.05) is 0 Å². The highest BCUT2D eigenvalue weighted by atomic mass is 15.2. The predicted molar refractivity (Wildman–Crippen MR) is 88.9 cm³/mol. The lowest BCUT2D eigenvalue weighted by molar-refractivity contribution is 0.153. The van der Waals surface area contributed by atoms with Gasteiger partial charge in [-0.2, -0.15) is 0 Å². The third-order valence-corrected chi connectivity index (χ3v) is 4.45. The first-order chi connectivity index (χ1) is 9.54. The van der Waals surface area contributed by atoms with Crippen LogP contribution < -0.4 is 5.73 Å². The zero-order valence-corrected chi connectivity index (χ0v) is 13.9. The average molecular weight is 276 g/mol. The Kier molecular flexibility index (Phi) is 7.25. The maximum atomic E-state index is 6.33. The van der Waals surface area contributed by atoms with E-state index in [9.17, 15) is 0 Å². The van der Waals surface area contributed by atoms with Crippen molar-refractivity contribution in [3.8, 4) is 0 Å². The van der Waals surface area contributed by atoms with Crippen molar-refractivity contribution in [2.24, 2.45) is 11.7 Å². The van der Waals surface area contributed by atoms with E-state index in [0.29, 0.717) is 6.04 Å². The van der Waals surface area contributed by atoms with Crippen LogP contribution in [0.1, 0.15) is 57.7 Å². The van der Waals surface area contributed by atoms with Gasteiger partial charge in [0.15, 0.2) is 0 Å². The summed E-state index contributed by atoms with van der Waals surface area (Å²) in [4.78, 5) is 2.56. The number of hydrogen-bond donors (Lipinski definition) is 1. The molecular weight excluding hydrogens is 244 g/mol. The van der Waals surface area contributed by atoms with Gasteiger partial charge in [-0.05, 0) is 37.4 Å². The first-order valence-corrected chi connectivity index (χ1v) is 8.10. The van der Waals surface area contributed by atoms with Crippen LogP contribution in [0, 0.1) is 12.8 Å². The lowest BCUT2D eigenvalue weighted by Gasteiger charge is -2.36. The van der Waals surface area contributed by atoms with Crippen molar-refractivity contribution in [3.63, 3.8) is 0 Å². The molecule has 0 saturated heterocycles. The Labute approximate surface area is 125 Å². The second kappa shape index (κ2) is 8.43. The number of rotatable bonds is 8. The lowest BCUT2D eigenvalue weighted by atomic mass is 9.93. The van der Waals surface area contributed by atoms with Gasteiger partial charge in [-0.25, -0.2) is 0 Å². The molecule has 0 aliphatic carbocycles. The molecule has 2 unspecified atom stereocenters. The second-order valence-corrected chi connectivity index (χ2v) is 5.93. The van der Waals surface area contributed by atoms with Gasteiger partial charge in [-0.3, -0.25) is 4.90 Å². The van der Waals surface area contributed by atoms with Gasteiger partial charge in [0.1, 0.15) is 0 Å². The van der Waals surface area contributed by atoms with Gasteiger partial charge in [-0.15, -0.1) is 0 Å². The van der Waals surface area contributed by atoms with Crippen LogP contribution in [0.2, 0.25) is 0 Å². The van der Waals surface area contributed by atoms with Crippen LogP contribution in [-0.4, -0.2) is 24.0 Å². The van der Waals surface area contributed by atoms with Gasteiger partial charge in [-0.1, -0.05) is 57.9 Å². The normalized spacial score (nSPS) is 14.8. The van der Waals surface area contributed by atoms with Crippen molar-refractivity contribution in [3.05, 3.63) is 35.4 Å². The molecule has 1 aromatic carbocycles. The van der Waals surface area contributed by atoms with Gasteiger partial charge in [0.05, 0.1) is 0 Å². The summed E-state index contributed by atoms with van der Waals surface area (Å²) < 4.78 is 0. The molecule has 1 aromatic rings. The third kappa shape index (κ3) is 4.32. The molecule has 1 rings (SSSR count). The largest absolute Gasteiger partial charge is 0.326 e. The molecule has 2 N–H and O–H groups in total. The quantitative estimate of drug-likeness (QED) is 0.773. The minimum absolute atomic E-state index is 0.144. The van der Waals surface area contributed by atoms with Gasteiger partial charge in [0.25, 0.3) is 0 Å². The van der Waals surface area contributed by atoms with Crippen LogP contribution in [0.25, 0.3) is 0 Å². The number of hydrogen-bond acceptors (Lipinski definition) is 2. The Morgan fingerprint density at radius 2 is 1.70 bits per heavy atom. The van der Waals surface area contributed by atoms with Crippen LogP contribution in [0.5, 0.6) is 0 Å². The van der Waals surface area contributed by atoms with Crippen molar-refractivity contribution in [2.75, 3.05) is 13.1 Å². The first kappa shape index (κ1) is 17.2. The summed E-state index contributed by atoms with van der Waals surface area (Å²) in [6.07, 6.45) is 2.49. The summed E-state index contributed by atoms with van der Waals surface area (Å²) in [5.41, 5.74) is 9.06. The van der Waals surface area contributed by atoms with Gasteiger partial charge in [0, 0.05) is 18.6 Å². The predicted octanol–water partition coefficient (Wildman–Crippen LogP) is 4.14. The van der Waals surface area contributed by atoms with E-state index in [-0.39, 0.29) is 6.04 Å². The zero-order valence-electron chi connectivity index (χ0n) is 13.9. The van der Waals surface area contributed by atoms with Crippen molar-refractivity contribution in [1.82, 2.24) is 4.90 Å². The molecule has 114 valence electrons. The van der Waals surface area contributed by atoms with Crippen LogP contribution in [0.15, 0.2) is 24.3 Å². The molecule has 0 aromatic heterocycles. The van der Waals surface area contributed by atoms with Crippen molar-refractivity contribution < 1.29 is 0 Å². The van der Waals surface area contributed by atoms with E-state index in [2.05, 4.69) is 63.8 Å². The number of nitrogens with zero attached hydrogens (tertiary/aromatic N) is 1. The Hall–Kier alpha value is -0.860. The highest BCUT2D eigenvalue weighted by molar-refractivity contribution is 5.29.